The van der Waals surface area contributed by atoms with E-state index < -0.39 is 12.0 Å². The van der Waals surface area contributed by atoms with Crippen molar-refractivity contribution >= 4 is 12.2 Å². The van der Waals surface area contributed by atoms with E-state index in [2.05, 4.69) is 4.99 Å². The van der Waals surface area contributed by atoms with Crippen molar-refractivity contribution in [1.82, 2.24) is 0 Å². The van der Waals surface area contributed by atoms with Crippen LogP contribution in [0.1, 0.15) is 25.8 Å². The average molecular weight is 249 g/mol. The minimum absolute atomic E-state index is 0.305. The van der Waals surface area contributed by atoms with E-state index in [-0.39, 0.29) is 0 Å². The molecule has 0 aliphatic heterocycles. The molecule has 4 nitrogen and oxygen atoms in total. The molecule has 0 fully saturated rings. The van der Waals surface area contributed by atoms with Crippen LogP contribution >= 0.6 is 0 Å². The van der Waals surface area contributed by atoms with Crippen molar-refractivity contribution < 1.29 is 14.6 Å². The minimum Gasteiger partial charge on any atom is -0.497 e. The zero-order valence-corrected chi connectivity index (χ0v) is 11.0. The molecule has 0 amide bonds. The summed E-state index contributed by atoms with van der Waals surface area (Å²) < 4.78 is 5.05. The number of carbonyl (C=O) groups is 1. The third kappa shape index (κ3) is 4.57. The van der Waals surface area contributed by atoms with Crippen molar-refractivity contribution in [2.24, 2.45) is 10.9 Å². The SMILES string of the molecule is COc1ccc(C=N[C@H](CC(C)C)C(=O)O)cc1. The van der Waals surface area contributed by atoms with E-state index in [1.54, 1.807) is 13.3 Å². The van der Waals surface area contributed by atoms with Gasteiger partial charge in [0.1, 0.15) is 11.8 Å². The van der Waals surface area contributed by atoms with Crippen LogP contribution in [0.4, 0.5) is 0 Å². The van der Waals surface area contributed by atoms with Crippen molar-refractivity contribution in [1.29, 1.82) is 0 Å². The fourth-order valence-corrected chi connectivity index (χ4v) is 1.54. The van der Waals surface area contributed by atoms with E-state index in [1.807, 2.05) is 38.1 Å². The molecule has 1 atom stereocenters. The van der Waals surface area contributed by atoms with E-state index >= 15 is 0 Å². The maximum Gasteiger partial charge on any atom is 0.328 e. The first-order valence-corrected chi connectivity index (χ1v) is 5.93. The molecule has 0 aliphatic carbocycles. The van der Waals surface area contributed by atoms with Gasteiger partial charge in [0, 0.05) is 6.21 Å². The van der Waals surface area contributed by atoms with Crippen molar-refractivity contribution in [2.45, 2.75) is 26.3 Å². The number of aliphatic carboxylic acids is 1. The largest absolute Gasteiger partial charge is 0.497 e. The lowest BCUT2D eigenvalue weighted by Gasteiger charge is -2.09. The van der Waals surface area contributed by atoms with Crippen molar-refractivity contribution in [3.8, 4) is 5.75 Å². The number of benzene rings is 1. The third-order valence-electron chi connectivity index (χ3n) is 2.50. The van der Waals surface area contributed by atoms with Crippen LogP contribution in [-0.4, -0.2) is 30.4 Å². The van der Waals surface area contributed by atoms with E-state index in [9.17, 15) is 4.79 Å². The molecular formula is C14H19NO3. The molecule has 0 heterocycles. The number of carboxylic acid groups (broad SMARTS) is 1. The van der Waals surface area contributed by atoms with Crippen LogP contribution in [0.25, 0.3) is 0 Å². The third-order valence-corrected chi connectivity index (χ3v) is 2.50. The summed E-state index contributed by atoms with van der Waals surface area (Å²) in [5, 5.41) is 9.05. The minimum atomic E-state index is -0.881. The van der Waals surface area contributed by atoms with Crippen LogP contribution in [0.15, 0.2) is 29.3 Å². The second-order valence-electron chi connectivity index (χ2n) is 4.53. The molecule has 0 aromatic heterocycles. The maximum atomic E-state index is 11.0. The molecule has 0 saturated carbocycles. The first-order valence-electron chi connectivity index (χ1n) is 5.93. The number of hydrogen-bond acceptors (Lipinski definition) is 3. The number of rotatable bonds is 6. The summed E-state index contributed by atoms with van der Waals surface area (Å²) in [5.74, 6) is 0.191. The summed E-state index contributed by atoms with van der Waals surface area (Å²) in [5.41, 5.74) is 0.866. The lowest BCUT2D eigenvalue weighted by Crippen LogP contribution is -2.20. The monoisotopic (exact) mass is 249 g/mol. The second kappa shape index (κ2) is 6.79. The fourth-order valence-electron chi connectivity index (χ4n) is 1.54. The molecule has 1 N–H and O–H groups in total. The van der Waals surface area contributed by atoms with Gasteiger partial charge in [-0.05, 0) is 42.2 Å². The van der Waals surface area contributed by atoms with Crippen LogP contribution in [0.2, 0.25) is 0 Å². The van der Waals surface area contributed by atoms with Gasteiger partial charge < -0.3 is 9.84 Å². The van der Waals surface area contributed by atoms with Gasteiger partial charge in [0.15, 0.2) is 0 Å². The summed E-state index contributed by atoms with van der Waals surface area (Å²) in [6.07, 6.45) is 2.14. The Bertz CT molecular complexity index is 410. The van der Waals surface area contributed by atoms with Gasteiger partial charge in [0.25, 0.3) is 0 Å². The summed E-state index contributed by atoms with van der Waals surface area (Å²) >= 11 is 0. The summed E-state index contributed by atoms with van der Waals surface area (Å²) in [6.45, 7) is 3.97. The lowest BCUT2D eigenvalue weighted by atomic mass is 10.0. The Morgan fingerprint density at radius 2 is 2.00 bits per heavy atom. The van der Waals surface area contributed by atoms with E-state index in [4.69, 9.17) is 9.84 Å². The first kappa shape index (κ1) is 14.2. The van der Waals surface area contributed by atoms with E-state index in [0.717, 1.165) is 11.3 Å². The van der Waals surface area contributed by atoms with Gasteiger partial charge in [0.2, 0.25) is 0 Å². The predicted octanol–water partition coefficient (Wildman–Crippen LogP) is 2.61. The number of hydrogen-bond donors (Lipinski definition) is 1. The van der Waals surface area contributed by atoms with Gasteiger partial charge in [-0.3, -0.25) is 4.99 Å². The highest BCUT2D eigenvalue weighted by Crippen LogP contribution is 2.11. The van der Waals surface area contributed by atoms with Crippen LogP contribution in [0, 0.1) is 5.92 Å². The van der Waals surface area contributed by atoms with Gasteiger partial charge in [-0.2, -0.15) is 0 Å². The fraction of sp³-hybridized carbons (Fsp3) is 0.429. The highest BCUT2D eigenvalue weighted by atomic mass is 16.5. The Labute approximate surface area is 107 Å². The molecule has 4 heteroatoms. The van der Waals surface area contributed by atoms with Crippen molar-refractivity contribution in [2.75, 3.05) is 7.11 Å². The number of aliphatic imine (C=N–C) groups is 1. The highest BCUT2D eigenvalue weighted by molar-refractivity contribution is 5.83. The van der Waals surface area contributed by atoms with Crippen LogP contribution in [0.5, 0.6) is 5.75 Å². The quantitative estimate of drug-likeness (QED) is 0.788. The molecule has 0 radical (unpaired) electrons. The Balaban J connectivity index is 2.72. The van der Waals surface area contributed by atoms with Gasteiger partial charge in [-0.15, -0.1) is 0 Å². The zero-order valence-electron chi connectivity index (χ0n) is 11.0. The van der Waals surface area contributed by atoms with Crippen LogP contribution < -0.4 is 4.74 Å². The van der Waals surface area contributed by atoms with Gasteiger partial charge in [-0.1, -0.05) is 13.8 Å². The molecule has 98 valence electrons. The number of methoxy groups -OCH3 is 1. The Morgan fingerprint density at radius 3 is 2.44 bits per heavy atom. The summed E-state index contributed by atoms with van der Waals surface area (Å²) in [7, 11) is 1.60. The average Bonchev–Trinajstić information content (AvgIpc) is 2.34. The molecule has 1 aromatic rings. The zero-order chi connectivity index (χ0) is 13.5. The maximum absolute atomic E-state index is 11.0. The van der Waals surface area contributed by atoms with Crippen LogP contribution in [0.3, 0.4) is 0 Å². The number of ether oxygens (including phenoxy) is 1. The Morgan fingerprint density at radius 1 is 1.39 bits per heavy atom. The standard InChI is InChI=1S/C14H19NO3/c1-10(2)8-13(14(16)17)15-9-11-4-6-12(18-3)7-5-11/h4-7,9-10,13H,8H2,1-3H3,(H,16,17)/t13-/m1/s1. The lowest BCUT2D eigenvalue weighted by molar-refractivity contribution is -0.138. The molecule has 0 spiro atoms. The molecule has 18 heavy (non-hydrogen) atoms. The number of nitrogens with zero attached hydrogens (tertiary/aromatic N) is 1. The van der Waals surface area contributed by atoms with Gasteiger partial charge >= 0.3 is 5.97 Å². The summed E-state index contributed by atoms with van der Waals surface area (Å²) in [6, 6.07) is 6.65. The predicted molar refractivity (Wildman–Crippen MR) is 71.5 cm³/mol. The molecule has 0 bridgehead atoms. The van der Waals surface area contributed by atoms with Crippen molar-refractivity contribution in [3.63, 3.8) is 0 Å². The number of carboxylic acids is 1. The Kier molecular flexibility index (Phi) is 5.36. The van der Waals surface area contributed by atoms with Crippen molar-refractivity contribution in [3.05, 3.63) is 29.8 Å². The molecule has 1 rings (SSSR count). The normalized spacial score (nSPS) is 12.9. The molecule has 0 aliphatic rings. The van der Waals surface area contributed by atoms with Gasteiger partial charge in [0.05, 0.1) is 7.11 Å². The summed E-state index contributed by atoms with van der Waals surface area (Å²) in [4.78, 5) is 15.1. The topological polar surface area (TPSA) is 58.9 Å². The first-order chi connectivity index (χ1) is 8.52. The van der Waals surface area contributed by atoms with E-state index in [0.29, 0.717) is 12.3 Å². The molecule has 1 aromatic carbocycles. The second-order valence-corrected chi connectivity index (χ2v) is 4.53. The van der Waals surface area contributed by atoms with Gasteiger partial charge in [-0.25, -0.2) is 4.79 Å². The smallest absolute Gasteiger partial charge is 0.328 e. The Hall–Kier alpha value is -1.84. The molecular weight excluding hydrogens is 230 g/mol. The van der Waals surface area contributed by atoms with E-state index in [1.165, 1.54) is 0 Å². The molecule has 0 saturated heterocycles. The molecule has 0 unspecified atom stereocenters. The van der Waals surface area contributed by atoms with Crippen LogP contribution in [-0.2, 0) is 4.79 Å². The highest BCUT2D eigenvalue weighted by Gasteiger charge is 2.16.